The predicted molar refractivity (Wildman–Crippen MR) is 104 cm³/mol. The third-order valence-electron chi connectivity index (χ3n) is 4.69. The van der Waals surface area contributed by atoms with Gasteiger partial charge in [-0.3, -0.25) is 4.90 Å². The third-order valence-corrected chi connectivity index (χ3v) is 4.69. The van der Waals surface area contributed by atoms with E-state index >= 15 is 0 Å². The highest BCUT2D eigenvalue weighted by Crippen LogP contribution is 2.19. The lowest BCUT2D eigenvalue weighted by atomic mass is 10.2. The van der Waals surface area contributed by atoms with Gasteiger partial charge >= 0.3 is 0 Å². The van der Waals surface area contributed by atoms with Gasteiger partial charge in [-0.2, -0.15) is 0 Å². The summed E-state index contributed by atoms with van der Waals surface area (Å²) in [6, 6.07) is 10.00. The summed E-state index contributed by atoms with van der Waals surface area (Å²) >= 11 is 0. The van der Waals surface area contributed by atoms with Crippen LogP contribution in [0, 0.1) is 5.82 Å². The van der Waals surface area contributed by atoms with E-state index in [0.29, 0.717) is 30.2 Å². The van der Waals surface area contributed by atoms with Crippen LogP contribution in [-0.4, -0.2) is 41.5 Å². The predicted octanol–water partition coefficient (Wildman–Crippen LogP) is 2.90. The van der Waals surface area contributed by atoms with Gasteiger partial charge in [-0.1, -0.05) is 13.0 Å². The van der Waals surface area contributed by atoms with Crippen molar-refractivity contribution in [3.63, 3.8) is 0 Å². The van der Waals surface area contributed by atoms with Gasteiger partial charge in [0.05, 0.1) is 6.54 Å². The molecular weight excluding hydrogens is 345 g/mol. The first kappa shape index (κ1) is 19.1. The lowest BCUT2D eigenvalue weighted by Gasteiger charge is -2.23. The van der Waals surface area contributed by atoms with Crippen molar-refractivity contribution in [2.75, 3.05) is 19.6 Å². The molecule has 1 aliphatic heterocycles. The number of guanidine groups is 1. The summed E-state index contributed by atoms with van der Waals surface area (Å²) in [5, 5.41) is 3.22. The molecule has 27 heavy (non-hydrogen) atoms. The molecule has 0 bridgehead atoms. The molecular formula is C20H26FN5O. The molecule has 0 spiro atoms. The van der Waals surface area contributed by atoms with Gasteiger partial charge in [0.1, 0.15) is 11.6 Å². The van der Waals surface area contributed by atoms with Crippen LogP contribution in [0.15, 0.2) is 47.6 Å². The van der Waals surface area contributed by atoms with Crippen molar-refractivity contribution < 1.29 is 9.13 Å². The van der Waals surface area contributed by atoms with Crippen LogP contribution < -0.4 is 15.8 Å². The van der Waals surface area contributed by atoms with Crippen molar-refractivity contribution in [1.29, 1.82) is 0 Å². The van der Waals surface area contributed by atoms with Crippen molar-refractivity contribution in [3.05, 3.63) is 54.0 Å². The molecule has 1 aromatic heterocycles. The number of likely N-dealkylation sites (tertiary alicyclic amines) is 1. The molecule has 1 saturated heterocycles. The first-order chi connectivity index (χ1) is 13.1. The molecule has 3 rings (SSSR count). The zero-order valence-corrected chi connectivity index (χ0v) is 15.6. The van der Waals surface area contributed by atoms with Crippen LogP contribution in [0.25, 0.3) is 0 Å². The highest BCUT2D eigenvalue weighted by atomic mass is 19.1. The molecule has 6 nitrogen and oxygen atoms in total. The van der Waals surface area contributed by atoms with E-state index < -0.39 is 0 Å². The van der Waals surface area contributed by atoms with Gasteiger partial charge in [0.25, 0.3) is 0 Å². The zero-order valence-electron chi connectivity index (χ0n) is 15.6. The molecule has 0 radical (unpaired) electrons. The minimum absolute atomic E-state index is 0.301. The van der Waals surface area contributed by atoms with Gasteiger partial charge in [0.2, 0.25) is 5.88 Å². The Morgan fingerprint density at radius 1 is 1.33 bits per heavy atom. The number of nitrogens with one attached hydrogen (secondary N) is 1. The van der Waals surface area contributed by atoms with Crippen LogP contribution in [0.3, 0.4) is 0 Å². The molecule has 1 atom stereocenters. The fourth-order valence-electron chi connectivity index (χ4n) is 3.19. The molecule has 0 amide bonds. The molecule has 7 heteroatoms. The topological polar surface area (TPSA) is 75.8 Å². The maximum absolute atomic E-state index is 12.9. The summed E-state index contributed by atoms with van der Waals surface area (Å²) in [5.74, 6) is 1.13. The van der Waals surface area contributed by atoms with E-state index in [1.165, 1.54) is 25.0 Å². The Kier molecular flexibility index (Phi) is 6.59. The summed E-state index contributed by atoms with van der Waals surface area (Å²) in [6.07, 6.45) is 4.15. The number of aliphatic imine (C=N–C) groups is 1. The SMILES string of the molecule is CCN1CCCC1CNC(N)=NCc1ccc(Oc2ccc(F)cc2)nc1. The van der Waals surface area contributed by atoms with Crippen molar-refractivity contribution in [2.45, 2.75) is 32.4 Å². The van der Waals surface area contributed by atoms with Gasteiger partial charge < -0.3 is 15.8 Å². The van der Waals surface area contributed by atoms with E-state index in [4.69, 9.17) is 10.5 Å². The van der Waals surface area contributed by atoms with Crippen molar-refractivity contribution in [2.24, 2.45) is 10.7 Å². The number of nitrogens with two attached hydrogens (primary N) is 1. The third kappa shape index (κ3) is 5.65. The van der Waals surface area contributed by atoms with Gasteiger partial charge in [0.15, 0.2) is 5.96 Å². The smallest absolute Gasteiger partial charge is 0.219 e. The molecule has 144 valence electrons. The maximum atomic E-state index is 12.9. The number of likely N-dealkylation sites (N-methyl/N-ethyl adjacent to an activating group) is 1. The summed E-state index contributed by atoms with van der Waals surface area (Å²) in [7, 11) is 0. The van der Waals surface area contributed by atoms with E-state index in [9.17, 15) is 4.39 Å². The highest BCUT2D eigenvalue weighted by Gasteiger charge is 2.22. The lowest BCUT2D eigenvalue weighted by molar-refractivity contribution is 0.267. The molecule has 1 aromatic carbocycles. The average molecular weight is 371 g/mol. The van der Waals surface area contributed by atoms with Gasteiger partial charge in [-0.15, -0.1) is 0 Å². The summed E-state index contributed by atoms with van der Waals surface area (Å²) < 4.78 is 18.5. The Balaban J connectivity index is 1.47. The van der Waals surface area contributed by atoms with Crippen LogP contribution in [0.5, 0.6) is 11.6 Å². The second kappa shape index (κ2) is 9.32. The van der Waals surface area contributed by atoms with E-state index in [1.54, 1.807) is 24.4 Å². The molecule has 2 heterocycles. The standard InChI is InChI=1S/C20H26FN5O/c1-2-26-11-3-4-17(26)14-25-20(22)24-13-15-5-10-19(23-12-15)27-18-8-6-16(21)7-9-18/h5-10,12,17H,2-4,11,13-14H2,1H3,(H3,22,24,25). The number of hydrogen-bond acceptors (Lipinski definition) is 4. The van der Waals surface area contributed by atoms with E-state index in [2.05, 4.69) is 27.1 Å². The molecule has 1 aliphatic rings. The average Bonchev–Trinajstić information content (AvgIpc) is 3.15. The zero-order chi connectivity index (χ0) is 19.1. The number of halogens is 1. The minimum atomic E-state index is -0.301. The normalized spacial score (nSPS) is 17.9. The summed E-state index contributed by atoms with van der Waals surface area (Å²) in [4.78, 5) is 11.1. The number of rotatable bonds is 7. The van der Waals surface area contributed by atoms with Gasteiger partial charge in [-0.25, -0.2) is 14.4 Å². The molecule has 0 saturated carbocycles. The van der Waals surface area contributed by atoms with E-state index in [0.717, 1.165) is 25.2 Å². The number of ether oxygens (including phenoxy) is 1. The van der Waals surface area contributed by atoms with Crippen molar-refractivity contribution in [1.82, 2.24) is 15.2 Å². The Bertz CT molecular complexity index is 748. The molecule has 0 aliphatic carbocycles. The summed E-state index contributed by atoms with van der Waals surface area (Å²) in [5.41, 5.74) is 6.91. The Hall–Kier alpha value is -2.67. The van der Waals surface area contributed by atoms with Gasteiger partial charge in [0, 0.05) is 24.8 Å². The number of benzene rings is 1. The maximum Gasteiger partial charge on any atom is 0.219 e. The van der Waals surface area contributed by atoms with Crippen LogP contribution in [-0.2, 0) is 6.54 Å². The first-order valence-electron chi connectivity index (χ1n) is 9.30. The Morgan fingerprint density at radius 2 is 2.15 bits per heavy atom. The lowest BCUT2D eigenvalue weighted by Crippen LogP contribution is -2.42. The second-order valence-electron chi connectivity index (χ2n) is 6.57. The first-order valence-corrected chi connectivity index (χ1v) is 9.30. The van der Waals surface area contributed by atoms with Crippen molar-refractivity contribution >= 4 is 5.96 Å². The van der Waals surface area contributed by atoms with E-state index in [-0.39, 0.29) is 5.82 Å². The number of hydrogen-bond donors (Lipinski definition) is 2. The Morgan fingerprint density at radius 3 is 2.85 bits per heavy atom. The van der Waals surface area contributed by atoms with E-state index in [1.807, 2.05) is 6.07 Å². The molecule has 1 unspecified atom stereocenters. The van der Waals surface area contributed by atoms with Crippen LogP contribution in [0.1, 0.15) is 25.3 Å². The van der Waals surface area contributed by atoms with Crippen LogP contribution >= 0.6 is 0 Å². The minimum Gasteiger partial charge on any atom is -0.439 e. The van der Waals surface area contributed by atoms with Gasteiger partial charge in [-0.05, 0) is 55.8 Å². The molecule has 2 aromatic rings. The monoisotopic (exact) mass is 371 g/mol. The van der Waals surface area contributed by atoms with Crippen LogP contribution in [0.4, 0.5) is 4.39 Å². The fourth-order valence-corrected chi connectivity index (χ4v) is 3.19. The Labute approximate surface area is 159 Å². The second-order valence-corrected chi connectivity index (χ2v) is 6.57. The van der Waals surface area contributed by atoms with Crippen molar-refractivity contribution in [3.8, 4) is 11.6 Å². The quantitative estimate of drug-likeness (QED) is 0.578. The highest BCUT2D eigenvalue weighted by molar-refractivity contribution is 5.77. The molecule has 1 fully saturated rings. The largest absolute Gasteiger partial charge is 0.439 e. The summed E-state index contributed by atoms with van der Waals surface area (Å²) in [6.45, 7) is 5.70. The number of pyridine rings is 1. The fraction of sp³-hybridized carbons (Fsp3) is 0.400. The number of aromatic nitrogens is 1. The molecule has 3 N–H and O–H groups in total. The van der Waals surface area contributed by atoms with Crippen LogP contribution in [0.2, 0.25) is 0 Å². The number of nitrogens with zero attached hydrogens (tertiary/aromatic N) is 3.